The molecule has 0 saturated heterocycles. The van der Waals surface area contributed by atoms with E-state index in [0.717, 1.165) is 9.87 Å². The first-order valence-corrected chi connectivity index (χ1v) is 9.89. The van der Waals surface area contributed by atoms with E-state index in [4.69, 9.17) is 0 Å². The van der Waals surface area contributed by atoms with Gasteiger partial charge in [0.05, 0.1) is 9.82 Å². The second-order valence-corrected chi connectivity index (χ2v) is 7.84. The van der Waals surface area contributed by atoms with Crippen LogP contribution in [-0.4, -0.2) is 26.1 Å². The van der Waals surface area contributed by atoms with Crippen LogP contribution in [0.3, 0.4) is 0 Å². The zero-order chi connectivity index (χ0) is 17.9. The second-order valence-electron chi connectivity index (χ2n) is 5.09. The molecule has 0 amide bonds. The highest BCUT2D eigenvalue weighted by Crippen LogP contribution is 2.35. The molecule has 0 fully saturated rings. The lowest BCUT2D eigenvalue weighted by Crippen LogP contribution is -2.31. The Morgan fingerprint density at radius 3 is 2.29 bits per heavy atom. The smallest absolute Gasteiger partial charge is 0.260 e. The van der Waals surface area contributed by atoms with Gasteiger partial charge in [-0.2, -0.15) is 0 Å². The third-order valence-electron chi connectivity index (χ3n) is 3.54. The molecule has 0 aliphatic carbocycles. The lowest BCUT2D eigenvalue weighted by atomic mass is 10.2. The molecule has 0 bridgehead atoms. The summed E-state index contributed by atoms with van der Waals surface area (Å²) in [7, 11) is -3.87. The van der Waals surface area contributed by atoms with Crippen LogP contribution in [0.15, 0.2) is 52.3 Å². The summed E-state index contributed by atoms with van der Waals surface area (Å²) >= 11 is 1.36. The fourth-order valence-corrected chi connectivity index (χ4v) is 4.22. The standard InChI is InChI=1S/C16H18N2O4S2/c1-4-17(24(21,22)14-8-5-12(2)6-9-14)15-10-7-13(23-3)11-16(15)18(19)20/h5-11H,4H2,1-3H3. The number of anilines is 1. The first-order chi connectivity index (χ1) is 11.3. The molecule has 2 aromatic carbocycles. The van der Waals surface area contributed by atoms with Crippen molar-refractivity contribution in [1.29, 1.82) is 0 Å². The van der Waals surface area contributed by atoms with Gasteiger partial charge in [0.2, 0.25) is 0 Å². The van der Waals surface area contributed by atoms with Crippen molar-refractivity contribution in [2.45, 2.75) is 23.6 Å². The van der Waals surface area contributed by atoms with E-state index in [1.54, 1.807) is 31.4 Å². The van der Waals surface area contributed by atoms with Crippen molar-refractivity contribution >= 4 is 33.2 Å². The number of sulfonamides is 1. The summed E-state index contributed by atoms with van der Waals surface area (Å²) in [5.74, 6) is 0. The lowest BCUT2D eigenvalue weighted by Gasteiger charge is -2.23. The number of hydrogen-bond donors (Lipinski definition) is 0. The van der Waals surface area contributed by atoms with E-state index in [1.807, 2.05) is 6.92 Å². The molecule has 0 unspecified atom stereocenters. The topological polar surface area (TPSA) is 80.5 Å². The van der Waals surface area contributed by atoms with Crippen molar-refractivity contribution < 1.29 is 13.3 Å². The van der Waals surface area contributed by atoms with Gasteiger partial charge in [-0.15, -0.1) is 11.8 Å². The van der Waals surface area contributed by atoms with Crippen molar-refractivity contribution in [2.24, 2.45) is 0 Å². The third-order valence-corrected chi connectivity index (χ3v) is 6.17. The molecule has 24 heavy (non-hydrogen) atoms. The Morgan fingerprint density at radius 2 is 1.79 bits per heavy atom. The van der Waals surface area contributed by atoms with Gasteiger partial charge in [-0.3, -0.25) is 14.4 Å². The van der Waals surface area contributed by atoms with E-state index in [9.17, 15) is 18.5 Å². The van der Waals surface area contributed by atoms with Crippen LogP contribution in [0.1, 0.15) is 12.5 Å². The van der Waals surface area contributed by atoms with Crippen molar-refractivity contribution in [3.8, 4) is 0 Å². The van der Waals surface area contributed by atoms with Gasteiger partial charge in [0, 0.05) is 17.5 Å². The second kappa shape index (κ2) is 7.23. The summed E-state index contributed by atoms with van der Waals surface area (Å²) in [6.45, 7) is 3.60. The molecule has 0 N–H and O–H groups in total. The van der Waals surface area contributed by atoms with E-state index in [1.165, 1.54) is 36.0 Å². The molecule has 0 atom stereocenters. The highest BCUT2D eigenvalue weighted by atomic mass is 32.2. The van der Waals surface area contributed by atoms with Crippen LogP contribution in [0.2, 0.25) is 0 Å². The molecule has 0 aliphatic heterocycles. The molecule has 2 aromatic rings. The summed E-state index contributed by atoms with van der Waals surface area (Å²) in [5.41, 5.74) is 0.785. The maximum absolute atomic E-state index is 12.9. The van der Waals surface area contributed by atoms with Crippen LogP contribution in [0.25, 0.3) is 0 Å². The molecule has 0 aliphatic rings. The molecule has 6 nitrogen and oxygen atoms in total. The van der Waals surface area contributed by atoms with Crippen LogP contribution in [0, 0.1) is 17.0 Å². The molecule has 0 heterocycles. The maximum Gasteiger partial charge on any atom is 0.294 e. The van der Waals surface area contributed by atoms with Gasteiger partial charge in [-0.25, -0.2) is 8.42 Å². The summed E-state index contributed by atoms with van der Waals surface area (Å²) in [6, 6.07) is 11.0. The minimum Gasteiger partial charge on any atom is -0.260 e. The fourth-order valence-electron chi connectivity index (χ4n) is 2.29. The van der Waals surface area contributed by atoms with Crippen molar-refractivity contribution in [3.63, 3.8) is 0 Å². The van der Waals surface area contributed by atoms with Gasteiger partial charge in [0.1, 0.15) is 5.69 Å². The Kier molecular flexibility index (Phi) is 5.51. The molecule has 0 aromatic heterocycles. The van der Waals surface area contributed by atoms with Gasteiger partial charge < -0.3 is 0 Å². The van der Waals surface area contributed by atoms with E-state index in [0.29, 0.717) is 4.90 Å². The van der Waals surface area contributed by atoms with Crippen LogP contribution in [-0.2, 0) is 10.0 Å². The van der Waals surface area contributed by atoms with Gasteiger partial charge in [0.25, 0.3) is 15.7 Å². The third kappa shape index (κ3) is 3.54. The maximum atomic E-state index is 12.9. The summed E-state index contributed by atoms with van der Waals surface area (Å²) in [4.78, 5) is 11.7. The minimum absolute atomic E-state index is 0.0703. The van der Waals surface area contributed by atoms with Crippen molar-refractivity contribution in [1.82, 2.24) is 0 Å². The van der Waals surface area contributed by atoms with E-state index >= 15 is 0 Å². The van der Waals surface area contributed by atoms with Gasteiger partial charge >= 0.3 is 0 Å². The number of nitrogens with zero attached hydrogens (tertiary/aromatic N) is 2. The minimum atomic E-state index is -3.87. The average molecular weight is 366 g/mol. The zero-order valence-electron chi connectivity index (χ0n) is 13.6. The van der Waals surface area contributed by atoms with Gasteiger partial charge in [-0.05, 0) is 44.4 Å². The number of hydrogen-bond acceptors (Lipinski definition) is 5. The number of thioether (sulfide) groups is 1. The van der Waals surface area contributed by atoms with Crippen LogP contribution >= 0.6 is 11.8 Å². The summed E-state index contributed by atoms with van der Waals surface area (Å²) in [5, 5.41) is 11.4. The molecule has 0 saturated carbocycles. The highest BCUT2D eigenvalue weighted by Gasteiger charge is 2.29. The van der Waals surface area contributed by atoms with E-state index in [-0.39, 0.29) is 22.8 Å². The highest BCUT2D eigenvalue weighted by molar-refractivity contribution is 7.98. The Morgan fingerprint density at radius 1 is 1.17 bits per heavy atom. The molecule has 128 valence electrons. The number of rotatable bonds is 6. The Hall–Kier alpha value is -2.06. The monoisotopic (exact) mass is 366 g/mol. The Balaban J connectivity index is 2.59. The SMILES string of the molecule is CCN(c1ccc(SC)cc1[N+](=O)[O-])S(=O)(=O)c1ccc(C)cc1. The van der Waals surface area contributed by atoms with E-state index < -0.39 is 14.9 Å². The van der Waals surface area contributed by atoms with Crippen molar-refractivity contribution in [2.75, 3.05) is 17.1 Å². The number of nitro groups is 1. The molecule has 0 spiro atoms. The number of benzene rings is 2. The average Bonchev–Trinajstić information content (AvgIpc) is 2.55. The fraction of sp³-hybridized carbons (Fsp3) is 0.250. The normalized spacial score (nSPS) is 11.3. The molecule has 0 radical (unpaired) electrons. The van der Waals surface area contributed by atoms with Crippen LogP contribution in [0.4, 0.5) is 11.4 Å². The predicted octanol–water partition coefficient (Wildman–Crippen LogP) is 3.84. The predicted molar refractivity (Wildman–Crippen MR) is 96.3 cm³/mol. The molecule has 2 rings (SSSR count). The molecular weight excluding hydrogens is 348 g/mol. The van der Waals surface area contributed by atoms with Crippen LogP contribution in [0.5, 0.6) is 0 Å². The number of aryl methyl sites for hydroxylation is 1. The zero-order valence-corrected chi connectivity index (χ0v) is 15.2. The molecular formula is C16H18N2O4S2. The first-order valence-electron chi connectivity index (χ1n) is 7.23. The summed E-state index contributed by atoms with van der Waals surface area (Å²) < 4.78 is 26.9. The quantitative estimate of drug-likeness (QED) is 0.441. The largest absolute Gasteiger partial charge is 0.294 e. The van der Waals surface area contributed by atoms with Gasteiger partial charge in [-0.1, -0.05) is 17.7 Å². The number of nitro benzene ring substituents is 1. The van der Waals surface area contributed by atoms with E-state index in [2.05, 4.69) is 0 Å². The van der Waals surface area contributed by atoms with Crippen molar-refractivity contribution in [3.05, 3.63) is 58.1 Å². The summed E-state index contributed by atoms with van der Waals surface area (Å²) in [6.07, 6.45) is 1.80. The van der Waals surface area contributed by atoms with Gasteiger partial charge in [0.15, 0.2) is 0 Å². The lowest BCUT2D eigenvalue weighted by molar-refractivity contribution is -0.384. The Labute approximate surface area is 145 Å². The Bertz CT molecular complexity index is 849. The molecule has 8 heteroatoms. The first kappa shape index (κ1) is 18.3. The van der Waals surface area contributed by atoms with Crippen LogP contribution < -0.4 is 4.31 Å².